The highest BCUT2D eigenvalue weighted by molar-refractivity contribution is 5.87. The molecule has 0 aromatic heterocycles. The Hall–Kier alpha value is -2.03. The molecule has 0 amide bonds. The van der Waals surface area contributed by atoms with E-state index in [2.05, 4.69) is 0 Å². The van der Waals surface area contributed by atoms with Crippen molar-refractivity contribution in [2.75, 3.05) is 6.61 Å². The van der Waals surface area contributed by atoms with Crippen LogP contribution in [0.4, 0.5) is 0 Å². The van der Waals surface area contributed by atoms with Gasteiger partial charge in [-0.05, 0) is 54.2 Å². The minimum absolute atomic E-state index is 0.107. The Morgan fingerprint density at radius 2 is 1.79 bits per heavy atom. The van der Waals surface area contributed by atoms with Gasteiger partial charge < -0.3 is 9.84 Å². The van der Waals surface area contributed by atoms with Gasteiger partial charge in [0.15, 0.2) is 0 Å². The van der Waals surface area contributed by atoms with Gasteiger partial charge in [0.25, 0.3) is 0 Å². The van der Waals surface area contributed by atoms with E-state index in [1.807, 2.05) is 31.2 Å². The molecule has 1 unspecified atom stereocenters. The smallest absolute Gasteiger partial charge is 0.313 e. The molecule has 1 N–H and O–H groups in total. The molecule has 1 atom stereocenters. The average molecular weight is 326 g/mol. The fourth-order valence-electron chi connectivity index (χ4n) is 3.92. The third-order valence-electron chi connectivity index (χ3n) is 5.12. The zero-order valence-corrected chi connectivity index (χ0v) is 14.3. The van der Waals surface area contributed by atoms with Gasteiger partial charge in [0.1, 0.15) is 5.75 Å². The van der Waals surface area contributed by atoms with Gasteiger partial charge in [-0.3, -0.25) is 4.79 Å². The van der Waals surface area contributed by atoms with Crippen LogP contribution >= 0.6 is 0 Å². The maximum absolute atomic E-state index is 12.7. The third kappa shape index (κ3) is 3.72. The Morgan fingerprint density at radius 1 is 1.08 bits per heavy atom. The van der Waals surface area contributed by atoms with Crippen LogP contribution in [-0.4, -0.2) is 17.7 Å². The quantitative estimate of drug-likeness (QED) is 0.623. The predicted molar refractivity (Wildman–Crippen MR) is 96.2 cm³/mol. The number of carbonyl (C=O) groups excluding carboxylic acids is 1. The van der Waals surface area contributed by atoms with Crippen molar-refractivity contribution in [1.29, 1.82) is 0 Å². The van der Waals surface area contributed by atoms with E-state index in [1.54, 1.807) is 12.1 Å². The van der Waals surface area contributed by atoms with Crippen LogP contribution < -0.4 is 0 Å². The van der Waals surface area contributed by atoms with Crippen LogP contribution in [0.15, 0.2) is 36.4 Å². The number of phenolic OH excluding ortho intramolecular Hbond substituents is 1. The first-order valence-corrected chi connectivity index (χ1v) is 9.08. The molecule has 1 saturated carbocycles. The van der Waals surface area contributed by atoms with Crippen molar-refractivity contribution in [2.45, 2.75) is 51.4 Å². The number of hydrogen-bond donors (Lipinski definition) is 1. The maximum Gasteiger partial charge on any atom is 0.313 e. The van der Waals surface area contributed by atoms with Crippen molar-refractivity contribution in [3.63, 3.8) is 0 Å². The van der Waals surface area contributed by atoms with Gasteiger partial charge in [0, 0.05) is 0 Å². The molecule has 0 spiro atoms. The molecular weight excluding hydrogens is 300 g/mol. The minimum atomic E-state index is -0.199. The van der Waals surface area contributed by atoms with E-state index < -0.39 is 0 Å². The molecule has 2 aromatic rings. The van der Waals surface area contributed by atoms with Crippen molar-refractivity contribution in [3.05, 3.63) is 42.0 Å². The summed E-state index contributed by atoms with van der Waals surface area (Å²) in [6.45, 7) is 2.27. The van der Waals surface area contributed by atoms with E-state index >= 15 is 0 Å². The second-order valence-electron chi connectivity index (χ2n) is 6.77. The number of aromatic hydroxyl groups is 1. The van der Waals surface area contributed by atoms with E-state index in [0.29, 0.717) is 12.5 Å². The first-order valence-electron chi connectivity index (χ1n) is 9.08. The van der Waals surface area contributed by atoms with Gasteiger partial charge in [0.2, 0.25) is 0 Å². The lowest BCUT2D eigenvalue weighted by molar-refractivity contribution is -0.146. The SMILES string of the molecule is CCOC(=O)C(c1ccc2ccc(O)cc2c1)C1CCCCCC1. The summed E-state index contributed by atoms with van der Waals surface area (Å²) in [6, 6.07) is 11.5. The molecule has 0 bridgehead atoms. The average Bonchev–Trinajstić information content (AvgIpc) is 2.84. The highest BCUT2D eigenvalue weighted by Crippen LogP contribution is 2.37. The second-order valence-corrected chi connectivity index (χ2v) is 6.77. The van der Waals surface area contributed by atoms with E-state index in [9.17, 15) is 9.90 Å². The highest BCUT2D eigenvalue weighted by Gasteiger charge is 2.31. The molecule has 1 fully saturated rings. The summed E-state index contributed by atoms with van der Waals surface area (Å²) in [5, 5.41) is 11.8. The van der Waals surface area contributed by atoms with Crippen molar-refractivity contribution in [3.8, 4) is 5.75 Å². The lowest BCUT2D eigenvalue weighted by Gasteiger charge is -2.25. The monoisotopic (exact) mass is 326 g/mol. The summed E-state index contributed by atoms with van der Waals surface area (Å²) in [5.41, 5.74) is 1.01. The van der Waals surface area contributed by atoms with Crippen LogP contribution in [-0.2, 0) is 9.53 Å². The molecule has 3 rings (SSSR count). The number of benzene rings is 2. The Bertz CT molecular complexity index is 699. The van der Waals surface area contributed by atoms with Crippen molar-refractivity contribution in [2.24, 2.45) is 5.92 Å². The fraction of sp³-hybridized carbons (Fsp3) is 0.476. The van der Waals surface area contributed by atoms with Crippen molar-refractivity contribution < 1.29 is 14.6 Å². The van der Waals surface area contributed by atoms with Crippen molar-refractivity contribution >= 4 is 16.7 Å². The number of rotatable bonds is 4. The lowest BCUT2D eigenvalue weighted by atomic mass is 9.81. The third-order valence-corrected chi connectivity index (χ3v) is 5.12. The van der Waals surface area contributed by atoms with E-state index in [4.69, 9.17) is 4.74 Å². The topological polar surface area (TPSA) is 46.5 Å². The number of carbonyl (C=O) groups is 1. The summed E-state index contributed by atoms with van der Waals surface area (Å²) < 4.78 is 5.40. The number of fused-ring (bicyclic) bond motifs is 1. The van der Waals surface area contributed by atoms with Crippen LogP contribution in [0.25, 0.3) is 10.8 Å². The van der Waals surface area contributed by atoms with Gasteiger partial charge in [-0.25, -0.2) is 0 Å². The Balaban J connectivity index is 1.98. The zero-order valence-electron chi connectivity index (χ0n) is 14.3. The van der Waals surface area contributed by atoms with E-state index in [0.717, 1.165) is 29.2 Å². The molecule has 24 heavy (non-hydrogen) atoms. The van der Waals surface area contributed by atoms with Crippen molar-refractivity contribution in [1.82, 2.24) is 0 Å². The van der Waals surface area contributed by atoms with Gasteiger partial charge in [-0.2, -0.15) is 0 Å². The number of esters is 1. The first-order chi connectivity index (χ1) is 11.7. The molecule has 128 valence electrons. The van der Waals surface area contributed by atoms with Gasteiger partial charge in [0.05, 0.1) is 12.5 Å². The fourth-order valence-corrected chi connectivity index (χ4v) is 3.92. The highest BCUT2D eigenvalue weighted by atomic mass is 16.5. The Morgan fingerprint density at radius 3 is 2.50 bits per heavy atom. The van der Waals surface area contributed by atoms with E-state index in [-0.39, 0.29) is 17.6 Å². The largest absolute Gasteiger partial charge is 0.508 e. The molecular formula is C21H26O3. The van der Waals surface area contributed by atoms with Crippen LogP contribution in [0.2, 0.25) is 0 Å². The zero-order chi connectivity index (χ0) is 16.9. The standard InChI is InChI=1S/C21H26O3/c1-2-24-21(23)20(16-7-5-3-4-6-8-16)17-10-9-15-11-12-19(22)14-18(15)13-17/h9-14,16,20,22H,2-8H2,1H3. The van der Waals surface area contributed by atoms with Crippen LogP contribution in [0.3, 0.4) is 0 Å². The van der Waals surface area contributed by atoms with Crippen LogP contribution in [0.1, 0.15) is 56.9 Å². The maximum atomic E-state index is 12.7. The lowest BCUT2D eigenvalue weighted by Crippen LogP contribution is -2.24. The summed E-state index contributed by atoms with van der Waals surface area (Å²) in [5.74, 6) is 0.293. The number of phenols is 1. The summed E-state index contributed by atoms with van der Waals surface area (Å²) >= 11 is 0. The second kappa shape index (κ2) is 7.69. The molecule has 1 aliphatic carbocycles. The number of hydrogen-bond acceptors (Lipinski definition) is 3. The van der Waals surface area contributed by atoms with Gasteiger partial charge in [-0.15, -0.1) is 0 Å². The summed E-state index contributed by atoms with van der Waals surface area (Å²) in [7, 11) is 0. The molecule has 0 aliphatic heterocycles. The molecule has 3 heteroatoms. The number of ether oxygens (including phenoxy) is 1. The Labute approximate surface area is 143 Å². The molecule has 1 aliphatic rings. The summed E-state index contributed by atoms with van der Waals surface area (Å²) in [6.07, 6.45) is 7.07. The molecule has 0 radical (unpaired) electrons. The molecule has 2 aromatic carbocycles. The van der Waals surface area contributed by atoms with Crippen LogP contribution in [0.5, 0.6) is 5.75 Å². The first kappa shape index (κ1) is 16.8. The molecule has 0 heterocycles. The Kier molecular flexibility index (Phi) is 5.39. The van der Waals surface area contributed by atoms with E-state index in [1.165, 1.54) is 25.7 Å². The minimum Gasteiger partial charge on any atom is -0.508 e. The predicted octanol–water partition coefficient (Wildman–Crippen LogP) is 5.16. The van der Waals surface area contributed by atoms with Gasteiger partial charge >= 0.3 is 5.97 Å². The summed E-state index contributed by atoms with van der Waals surface area (Å²) in [4.78, 5) is 12.7. The molecule has 3 nitrogen and oxygen atoms in total. The normalized spacial score (nSPS) is 17.4. The molecule has 0 saturated heterocycles. The van der Waals surface area contributed by atoms with Gasteiger partial charge in [-0.1, -0.05) is 49.9 Å². The van der Waals surface area contributed by atoms with Crippen LogP contribution in [0, 0.1) is 5.92 Å².